The smallest absolute Gasteiger partial charge is 0.0911 e. The highest BCUT2D eigenvalue weighted by Gasteiger charge is 1.87. The maximum atomic E-state index is 11.4. The van der Waals surface area contributed by atoms with Crippen LogP contribution in [0.3, 0.4) is 0 Å². The van der Waals surface area contributed by atoms with Crippen LogP contribution in [0.25, 0.3) is 0 Å². The van der Waals surface area contributed by atoms with E-state index in [0.29, 0.717) is 13.0 Å². The molecule has 0 bridgehead atoms. The zero-order valence-corrected chi connectivity index (χ0v) is 5.02. The zero-order chi connectivity index (χ0) is 6.41. The quantitative estimate of drug-likeness (QED) is 0.430. The topological polar surface area (TPSA) is 27.1 Å². The van der Waals surface area contributed by atoms with E-state index in [1.165, 1.54) is 6.34 Å². The predicted octanol–water partition coefficient (Wildman–Crippen LogP) is 0.885. The molecule has 0 saturated carbocycles. The van der Waals surface area contributed by atoms with Crippen LogP contribution in [-0.4, -0.2) is 31.5 Å². The van der Waals surface area contributed by atoms with Crippen LogP contribution in [0.15, 0.2) is 0 Å². The first-order chi connectivity index (χ1) is 3.81. The van der Waals surface area contributed by atoms with Crippen LogP contribution in [0, 0.1) is 5.41 Å². The predicted molar refractivity (Wildman–Crippen MR) is 32.0 cm³/mol. The Hall–Kier alpha value is -0.600. The first-order valence-corrected chi connectivity index (χ1v) is 2.58. The SMILES string of the molecule is CN(C=N)CCCF. The Bertz CT molecular complexity index is 65.4. The average Bonchev–Trinajstić information content (AvgIpc) is 1.83. The Morgan fingerprint density at radius 2 is 2.38 bits per heavy atom. The number of halogens is 1. The molecule has 8 heavy (non-hydrogen) atoms. The Balaban J connectivity index is 2.98. The molecule has 48 valence electrons. The van der Waals surface area contributed by atoms with Crippen LogP contribution in [0.5, 0.6) is 0 Å². The van der Waals surface area contributed by atoms with E-state index in [1.54, 1.807) is 11.9 Å². The molecule has 0 unspecified atom stereocenters. The fourth-order valence-corrected chi connectivity index (χ4v) is 0.374. The molecule has 0 aliphatic heterocycles. The molecule has 0 spiro atoms. The number of rotatable bonds is 4. The highest BCUT2D eigenvalue weighted by molar-refractivity contribution is 5.49. The average molecular weight is 118 g/mol. The molecule has 0 amide bonds. The summed E-state index contributed by atoms with van der Waals surface area (Å²) in [7, 11) is 1.75. The van der Waals surface area contributed by atoms with Gasteiger partial charge in [0.2, 0.25) is 0 Å². The van der Waals surface area contributed by atoms with Gasteiger partial charge >= 0.3 is 0 Å². The maximum absolute atomic E-state index is 11.4. The third-order valence-corrected chi connectivity index (χ3v) is 0.865. The van der Waals surface area contributed by atoms with Crippen molar-refractivity contribution in [2.24, 2.45) is 0 Å². The van der Waals surface area contributed by atoms with Crippen molar-refractivity contribution in [1.29, 1.82) is 5.41 Å². The van der Waals surface area contributed by atoms with E-state index in [2.05, 4.69) is 0 Å². The molecule has 2 nitrogen and oxygen atoms in total. The van der Waals surface area contributed by atoms with Crippen LogP contribution >= 0.6 is 0 Å². The van der Waals surface area contributed by atoms with Gasteiger partial charge in [-0.2, -0.15) is 0 Å². The molecule has 0 aromatic carbocycles. The summed E-state index contributed by atoms with van der Waals surface area (Å²) in [5, 5.41) is 6.67. The van der Waals surface area contributed by atoms with E-state index in [0.717, 1.165) is 0 Å². The monoisotopic (exact) mass is 118 g/mol. The number of nitrogens with one attached hydrogen (secondary N) is 1. The van der Waals surface area contributed by atoms with Crippen molar-refractivity contribution in [1.82, 2.24) is 4.90 Å². The third kappa shape index (κ3) is 3.59. The zero-order valence-electron chi connectivity index (χ0n) is 5.02. The fraction of sp³-hybridized carbons (Fsp3) is 0.800. The number of hydrogen-bond donors (Lipinski definition) is 1. The molecule has 3 heteroatoms. The second-order valence-electron chi connectivity index (χ2n) is 1.65. The van der Waals surface area contributed by atoms with Gasteiger partial charge in [0, 0.05) is 13.6 Å². The summed E-state index contributed by atoms with van der Waals surface area (Å²) in [6.45, 7) is 0.345. The number of hydrogen-bond acceptors (Lipinski definition) is 1. The summed E-state index contributed by atoms with van der Waals surface area (Å²) in [5.41, 5.74) is 0. The lowest BCUT2D eigenvalue weighted by atomic mass is 10.4. The van der Waals surface area contributed by atoms with Crippen molar-refractivity contribution < 1.29 is 4.39 Å². The van der Waals surface area contributed by atoms with Gasteiger partial charge in [-0.25, -0.2) is 0 Å². The molecular formula is C5H11FN2. The maximum Gasteiger partial charge on any atom is 0.0911 e. The minimum Gasteiger partial charge on any atom is -0.366 e. The van der Waals surface area contributed by atoms with Gasteiger partial charge in [-0.1, -0.05) is 0 Å². The second-order valence-corrected chi connectivity index (χ2v) is 1.65. The Kier molecular flexibility index (Phi) is 4.21. The van der Waals surface area contributed by atoms with Gasteiger partial charge in [-0.05, 0) is 6.42 Å². The fourth-order valence-electron chi connectivity index (χ4n) is 0.374. The van der Waals surface area contributed by atoms with Gasteiger partial charge in [0.05, 0.1) is 13.0 Å². The van der Waals surface area contributed by atoms with Crippen molar-refractivity contribution in [2.75, 3.05) is 20.3 Å². The van der Waals surface area contributed by atoms with Crippen molar-refractivity contribution in [3.63, 3.8) is 0 Å². The molecule has 0 aromatic rings. The van der Waals surface area contributed by atoms with E-state index in [9.17, 15) is 4.39 Å². The standard InChI is InChI=1S/C5H11FN2/c1-8(5-7)4-2-3-6/h5,7H,2-4H2,1H3. The Labute approximate surface area is 48.8 Å². The molecule has 0 saturated heterocycles. The van der Waals surface area contributed by atoms with E-state index < -0.39 is 0 Å². The largest absolute Gasteiger partial charge is 0.366 e. The summed E-state index contributed by atoms with van der Waals surface area (Å²) in [4.78, 5) is 1.64. The summed E-state index contributed by atoms with van der Waals surface area (Å²) >= 11 is 0. The lowest BCUT2D eigenvalue weighted by Gasteiger charge is -2.08. The van der Waals surface area contributed by atoms with E-state index >= 15 is 0 Å². The number of nitrogens with zero attached hydrogens (tertiary/aromatic N) is 1. The number of alkyl halides is 1. The van der Waals surface area contributed by atoms with E-state index in [1.807, 2.05) is 0 Å². The molecule has 1 N–H and O–H groups in total. The van der Waals surface area contributed by atoms with Crippen molar-refractivity contribution in [3.8, 4) is 0 Å². The molecule has 0 rings (SSSR count). The van der Waals surface area contributed by atoms with Gasteiger partial charge in [0.25, 0.3) is 0 Å². The molecule has 0 fully saturated rings. The van der Waals surface area contributed by atoms with Gasteiger partial charge in [-0.3, -0.25) is 9.80 Å². The summed E-state index contributed by atoms with van der Waals surface area (Å²) in [6.07, 6.45) is 1.71. The second kappa shape index (κ2) is 4.56. The van der Waals surface area contributed by atoms with Crippen LogP contribution < -0.4 is 0 Å². The molecule has 0 atom stereocenters. The highest BCUT2D eigenvalue weighted by Crippen LogP contribution is 1.82. The first-order valence-electron chi connectivity index (χ1n) is 2.58. The van der Waals surface area contributed by atoms with E-state index in [-0.39, 0.29) is 6.67 Å². The van der Waals surface area contributed by atoms with Crippen LogP contribution in [0.4, 0.5) is 4.39 Å². The van der Waals surface area contributed by atoms with Gasteiger partial charge in [0.1, 0.15) is 0 Å². The first kappa shape index (κ1) is 7.40. The minimum atomic E-state index is -0.293. The lowest BCUT2D eigenvalue weighted by molar-refractivity contribution is 0.415. The Morgan fingerprint density at radius 1 is 1.75 bits per heavy atom. The molecular weight excluding hydrogens is 107 g/mol. The Morgan fingerprint density at radius 3 is 2.75 bits per heavy atom. The van der Waals surface area contributed by atoms with E-state index in [4.69, 9.17) is 5.41 Å². The van der Waals surface area contributed by atoms with Gasteiger partial charge in [0.15, 0.2) is 0 Å². The van der Waals surface area contributed by atoms with Crippen LogP contribution in [0.2, 0.25) is 0 Å². The molecule has 0 aliphatic carbocycles. The van der Waals surface area contributed by atoms with Crippen molar-refractivity contribution in [3.05, 3.63) is 0 Å². The van der Waals surface area contributed by atoms with Crippen LogP contribution in [0.1, 0.15) is 6.42 Å². The highest BCUT2D eigenvalue weighted by atomic mass is 19.1. The van der Waals surface area contributed by atoms with Crippen molar-refractivity contribution in [2.45, 2.75) is 6.42 Å². The normalized spacial score (nSPS) is 8.75. The van der Waals surface area contributed by atoms with Crippen molar-refractivity contribution >= 4 is 6.34 Å². The molecule has 0 radical (unpaired) electrons. The molecule has 0 aliphatic rings. The summed E-state index contributed by atoms with van der Waals surface area (Å²) < 4.78 is 11.4. The minimum absolute atomic E-state index is 0.293. The lowest BCUT2D eigenvalue weighted by Crippen LogP contribution is -2.16. The third-order valence-electron chi connectivity index (χ3n) is 0.865. The summed E-state index contributed by atoms with van der Waals surface area (Å²) in [6, 6.07) is 0. The van der Waals surface area contributed by atoms with Gasteiger partial charge in [-0.15, -0.1) is 0 Å². The van der Waals surface area contributed by atoms with Crippen LogP contribution in [-0.2, 0) is 0 Å². The van der Waals surface area contributed by atoms with Gasteiger partial charge < -0.3 is 4.90 Å². The molecule has 0 aromatic heterocycles. The molecule has 0 heterocycles. The summed E-state index contributed by atoms with van der Waals surface area (Å²) in [5.74, 6) is 0.